The zero-order chi connectivity index (χ0) is 17.9. The zero-order valence-electron chi connectivity index (χ0n) is 16.2. The van der Waals surface area contributed by atoms with E-state index >= 15 is 0 Å². The predicted molar refractivity (Wildman–Crippen MR) is 121 cm³/mol. The van der Waals surface area contributed by atoms with Crippen LogP contribution in [0, 0.1) is 5.92 Å². The molecule has 2 rings (SSSR count). The van der Waals surface area contributed by atoms with Gasteiger partial charge in [0.25, 0.3) is 0 Å². The summed E-state index contributed by atoms with van der Waals surface area (Å²) in [6.45, 7) is 10.3. The Kier molecular flexibility index (Phi) is 11.9. The van der Waals surface area contributed by atoms with E-state index in [4.69, 9.17) is 0 Å². The van der Waals surface area contributed by atoms with Crippen LogP contribution in [0.2, 0.25) is 0 Å². The van der Waals surface area contributed by atoms with E-state index in [-0.39, 0.29) is 36.5 Å². The van der Waals surface area contributed by atoms with Crippen LogP contribution in [-0.4, -0.2) is 61.8 Å². The maximum atomic E-state index is 9.67. The van der Waals surface area contributed by atoms with Crippen molar-refractivity contribution >= 4 is 29.9 Å². The maximum Gasteiger partial charge on any atom is 0.191 e. The second-order valence-corrected chi connectivity index (χ2v) is 6.96. The van der Waals surface area contributed by atoms with E-state index in [9.17, 15) is 5.11 Å². The molecule has 6 heteroatoms. The first kappa shape index (κ1) is 23.2. The lowest BCUT2D eigenvalue weighted by Gasteiger charge is -2.30. The molecule has 5 nitrogen and oxygen atoms in total. The fourth-order valence-electron chi connectivity index (χ4n) is 3.16. The predicted octanol–water partition coefficient (Wildman–Crippen LogP) is 2.67. The summed E-state index contributed by atoms with van der Waals surface area (Å²) in [6.07, 6.45) is 2.62. The monoisotopic (exact) mass is 474 g/mol. The molecule has 0 aromatic heterocycles. The van der Waals surface area contributed by atoms with Crippen LogP contribution in [-0.2, 0) is 0 Å². The van der Waals surface area contributed by atoms with E-state index in [1.165, 1.54) is 25.9 Å². The summed E-state index contributed by atoms with van der Waals surface area (Å²) in [6, 6.07) is 10.1. The van der Waals surface area contributed by atoms with Gasteiger partial charge in [-0.1, -0.05) is 37.3 Å². The fraction of sp³-hybridized carbons (Fsp3) is 0.650. The van der Waals surface area contributed by atoms with Gasteiger partial charge in [-0.25, -0.2) is 0 Å². The van der Waals surface area contributed by atoms with Gasteiger partial charge < -0.3 is 20.6 Å². The van der Waals surface area contributed by atoms with Gasteiger partial charge in [-0.2, -0.15) is 0 Å². The molecule has 0 spiro atoms. The Morgan fingerprint density at radius 2 is 1.92 bits per heavy atom. The number of guanidine groups is 1. The summed E-state index contributed by atoms with van der Waals surface area (Å²) in [5.74, 6) is 1.75. The van der Waals surface area contributed by atoms with Gasteiger partial charge in [-0.3, -0.25) is 4.99 Å². The number of likely N-dealkylation sites (tertiary alicyclic amines) is 1. The number of aliphatic hydroxyl groups excluding tert-OH is 1. The van der Waals surface area contributed by atoms with Gasteiger partial charge in [-0.05, 0) is 44.3 Å². The molecule has 1 aromatic carbocycles. The van der Waals surface area contributed by atoms with Crippen LogP contribution < -0.4 is 10.6 Å². The average Bonchev–Trinajstić information content (AvgIpc) is 2.64. The van der Waals surface area contributed by atoms with Crippen molar-refractivity contribution in [2.45, 2.75) is 32.6 Å². The number of aliphatic imine (C=N–C) groups is 1. The topological polar surface area (TPSA) is 59.9 Å². The minimum absolute atomic E-state index is 0. The average molecular weight is 474 g/mol. The number of hydrogen-bond acceptors (Lipinski definition) is 3. The van der Waals surface area contributed by atoms with Gasteiger partial charge in [0, 0.05) is 25.6 Å². The summed E-state index contributed by atoms with van der Waals surface area (Å²) in [7, 11) is 0. The molecule has 1 fully saturated rings. The fourth-order valence-corrected chi connectivity index (χ4v) is 3.16. The molecular weight excluding hydrogens is 439 g/mol. The highest BCUT2D eigenvalue weighted by Crippen LogP contribution is 2.16. The second-order valence-electron chi connectivity index (χ2n) is 6.96. The van der Waals surface area contributed by atoms with E-state index in [0.717, 1.165) is 37.1 Å². The van der Waals surface area contributed by atoms with Crippen molar-refractivity contribution in [3.63, 3.8) is 0 Å². The first-order valence-electron chi connectivity index (χ1n) is 9.63. The van der Waals surface area contributed by atoms with Gasteiger partial charge in [-0.15, -0.1) is 24.0 Å². The molecule has 0 amide bonds. The van der Waals surface area contributed by atoms with E-state index < -0.39 is 0 Å². The van der Waals surface area contributed by atoms with E-state index in [1.54, 1.807) is 0 Å². The van der Waals surface area contributed by atoms with Gasteiger partial charge in [0.2, 0.25) is 0 Å². The molecule has 0 radical (unpaired) electrons. The number of halogens is 1. The third-order valence-corrected chi connectivity index (χ3v) is 4.90. The molecule has 1 unspecified atom stereocenters. The van der Waals surface area contributed by atoms with Crippen LogP contribution >= 0.6 is 24.0 Å². The van der Waals surface area contributed by atoms with Crippen molar-refractivity contribution in [1.82, 2.24) is 15.5 Å². The lowest BCUT2D eigenvalue weighted by Crippen LogP contribution is -2.43. The highest BCUT2D eigenvalue weighted by atomic mass is 127. The standard InChI is InChI=1S/C20H34N4O.HI/c1-3-21-20(22-11-14-24-12-9-17(2)10-13-24)23-15-19(16-25)18-7-5-4-6-8-18;/h4-8,17,19,25H,3,9-16H2,1-2H3,(H2,21,22,23);1H. The first-order valence-corrected chi connectivity index (χ1v) is 9.63. The molecule has 0 aliphatic carbocycles. The van der Waals surface area contributed by atoms with Crippen LogP contribution in [0.15, 0.2) is 35.3 Å². The molecule has 1 aliphatic rings. The number of aliphatic hydroxyl groups is 1. The molecule has 3 N–H and O–H groups in total. The third kappa shape index (κ3) is 8.22. The lowest BCUT2D eigenvalue weighted by molar-refractivity contribution is 0.195. The van der Waals surface area contributed by atoms with Gasteiger partial charge in [0.05, 0.1) is 13.2 Å². The van der Waals surface area contributed by atoms with E-state index in [0.29, 0.717) is 6.54 Å². The number of nitrogens with zero attached hydrogens (tertiary/aromatic N) is 2. The summed E-state index contributed by atoms with van der Waals surface area (Å²) >= 11 is 0. The molecule has 0 bridgehead atoms. The van der Waals surface area contributed by atoms with Crippen LogP contribution in [0.1, 0.15) is 38.2 Å². The van der Waals surface area contributed by atoms with Crippen molar-refractivity contribution in [2.75, 3.05) is 45.9 Å². The molecule has 1 heterocycles. The van der Waals surface area contributed by atoms with Gasteiger partial charge in [0.1, 0.15) is 0 Å². The van der Waals surface area contributed by atoms with Crippen molar-refractivity contribution in [3.8, 4) is 0 Å². The number of rotatable bonds is 8. The molecule has 148 valence electrons. The lowest BCUT2D eigenvalue weighted by atomic mass is 9.99. The Morgan fingerprint density at radius 3 is 2.54 bits per heavy atom. The zero-order valence-corrected chi connectivity index (χ0v) is 18.5. The Bertz CT molecular complexity index is 504. The summed E-state index contributed by atoms with van der Waals surface area (Å²) in [5.41, 5.74) is 1.13. The summed E-state index contributed by atoms with van der Waals surface area (Å²) < 4.78 is 0. The summed E-state index contributed by atoms with van der Waals surface area (Å²) in [4.78, 5) is 7.20. The molecule has 1 aromatic rings. The Morgan fingerprint density at radius 1 is 1.23 bits per heavy atom. The van der Waals surface area contributed by atoms with Crippen LogP contribution in [0.3, 0.4) is 0 Å². The van der Waals surface area contributed by atoms with E-state index in [2.05, 4.69) is 34.4 Å². The molecule has 1 aliphatic heterocycles. The largest absolute Gasteiger partial charge is 0.396 e. The summed E-state index contributed by atoms with van der Waals surface area (Å²) in [5, 5.41) is 16.4. The van der Waals surface area contributed by atoms with Crippen molar-refractivity contribution in [1.29, 1.82) is 0 Å². The quantitative estimate of drug-likeness (QED) is 0.308. The van der Waals surface area contributed by atoms with Gasteiger partial charge in [0.15, 0.2) is 5.96 Å². The number of piperidine rings is 1. The molecule has 1 saturated heterocycles. The van der Waals surface area contributed by atoms with Crippen LogP contribution in [0.25, 0.3) is 0 Å². The van der Waals surface area contributed by atoms with Crippen LogP contribution in [0.4, 0.5) is 0 Å². The maximum absolute atomic E-state index is 9.67. The van der Waals surface area contributed by atoms with Crippen molar-refractivity contribution < 1.29 is 5.11 Å². The van der Waals surface area contributed by atoms with E-state index in [1.807, 2.05) is 30.3 Å². The molecular formula is C20H35IN4O. The van der Waals surface area contributed by atoms with Crippen LogP contribution in [0.5, 0.6) is 0 Å². The highest BCUT2D eigenvalue weighted by molar-refractivity contribution is 14.0. The smallest absolute Gasteiger partial charge is 0.191 e. The minimum atomic E-state index is 0. The minimum Gasteiger partial charge on any atom is -0.396 e. The SMILES string of the molecule is CCNC(=NCC(CO)c1ccccc1)NCCN1CCC(C)CC1.I. The molecule has 26 heavy (non-hydrogen) atoms. The highest BCUT2D eigenvalue weighted by Gasteiger charge is 2.15. The first-order chi connectivity index (χ1) is 12.2. The number of benzene rings is 1. The Labute approximate surface area is 175 Å². The molecule has 1 atom stereocenters. The third-order valence-electron chi connectivity index (χ3n) is 4.90. The van der Waals surface area contributed by atoms with Gasteiger partial charge >= 0.3 is 0 Å². The number of hydrogen-bond donors (Lipinski definition) is 3. The Hall–Kier alpha value is -0.860. The second kappa shape index (κ2) is 13.3. The number of nitrogens with one attached hydrogen (secondary N) is 2. The van der Waals surface area contributed by atoms with Crippen molar-refractivity contribution in [3.05, 3.63) is 35.9 Å². The van der Waals surface area contributed by atoms with Crippen molar-refractivity contribution in [2.24, 2.45) is 10.9 Å². The molecule has 0 saturated carbocycles. The normalized spacial score (nSPS) is 17.4. The Balaban J connectivity index is 0.00000338.